The summed E-state index contributed by atoms with van der Waals surface area (Å²) >= 11 is 3.52. The number of carbonyl (C=O) groups excluding carboxylic acids is 3. The first-order valence-electron chi connectivity index (χ1n) is 13.0. The predicted octanol–water partition coefficient (Wildman–Crippen LogP) is 7.07. The Morgan fingerprint density at radius 3 is 2.13 bits per heavy atom. The average Bonchev–Trinajstić information content (AvgIpc) is 3.39. The summed E-state index contributed by atoms with van der Waals surface area (Å²) in [7, 11) is 0. The molecule has 7 rings (SSSR count). The quantitative estimate of drug-likeness (QED) is 0.194. The first-order chi connectivity index (χ1) is 18.9. The molecule has 4 nitrogen and oxygen atoms in total. The molecule has 190 valence electrons. The zero-order chi connectivity index (χ0) is 26.9. The van der Waals surface area contributed by atoms with Crippen molar-refractivity contribution in [3.63, 3.8) is 0 Å². The summed E-state index contributed by atoms with van der Waals surface area (Å²) < 4.78 is 0.884. The van der Waals surface area contributed by atoms with Crippen molar-refractivity contribution in [1.29, 1.82) is 0 Å². The molecular formula is C34H24BrNO3. The number of hydrogen-bond acceptors (Lipinski definition) is 4. The van der Waals surface area contributed by atoms with Gasteiger partial charge in [0, 0.05) is 32.8 Å². The van der Waals surface area contributed by atoms with Crippen LogP contribution in [0.2, 0.25) is 0 Å². The molecule has 3 atom stereocenters. The number of nitrogens with zero attached hydrogens (tertiary/aromatic N) is 1. The van der Waals surface area contributed by atoms with E-state index in [9.17, 15) is 14.4 Å². The lowest BCUT2D eigenvalue weighted by Gasteiger charge is -2.37. The van der Waals surface area contributed by atoms with Crippen LogP contribution in [0.4, 0.5) is 5.69 Å². The van der Waals surface area contributed by atoms with E-state index in [1.165, 1.54) is 0 Å². The van der Waals surface area contributed by atoms with Crippen molar-refractivity contribution in [2.45, 2.75) is 24.9 Å². The van der Waals surface area contributed by atoms with Gasteiger partial charge >= 0.3 is 0 Å². The van der Waals surface area contributed by atoms with Crippen LogP contribution in [-0.4, -0.2) is 29.4 Å². The van der Waals surface area contributed by atoms with Crippen molar-refractivity contribution in [3.05, 3.63) is 141 Å². The molecule has 0 aromatic heterocycles. The molecule has 39 heavy (non-hydrogen) atoms. The maximum absolute atomic E-state index is 14.6. The van der Waals surface area contributed by atoms with Crippen molar-refractivity contribution in [2.75, 3.05) is 4.90 Å². The molecule has 0 amide bonds. The molecule has 4 aromatic rings. The van der Waals surface area contributed by atoms with E-state index in [4.69, 9.17) is 0 Å². The third-order valence-corrected chi connectivity index (χ3v) is 9.04. The lowest BCUT2D eigenvalue weighted by atomic mass is 9.64. The summed E-state index contributed by atoms with van der Waals surface area (Å²) in [6, 6.07) is 28.7. The maximum atomic E-state index is 14.6. The Morgan fingerprint density at radius 2 is 1.46 bits per heavy atom. The van der Waals surface area contributed by atoms with Gasteiger partial charge in [0.15, 0.2) is 17.3 Å². The first kappa shape index (κ1) is 24.0. The molecule has 0 bridgehead atoms. The molecule has 3 aliphatic rings. The van der Waals surface area contributed by atoms with E-state index in [0.29, 0.717) is 16.7 Å². The fourth-order valence-corrected chi connectivity index (χ4v) is 7.18. The second-order valence-corrected chi connectivity index (χ2v) is 11.5. The van der Waals surface area contributed by atoms with Gasteiger partial charge in [-0.2, -0.15) is 0 Å². The summed E-state index contributed by atoms with van der Waals surface area (Å²) in [6.07, 6.45) is 3.97. The third-order valence-electron chi connectivity index (χ3n) is 8.52. The molecule has 5 heteroatoms. The number of aryl methyl sites for hydroxylation is 1. The van der Waals surface area contributed by atoms with Crippen molar-refractivity contribution >= 4 is 45.0 Å². The van der Waals surface area contributed by atoms with Crippen LogP contribution in [0.3, 0.4) is 0 Å². The van der Waals surface area contributed by atoms with Crippen LogP contribution >= 0.6 is 15.9 Å². The largest absolute Gasteiger partial charge is 0.352 e. The van der Waals surface area contributed by atoms with E-state index in [-0.39, 0.29) is 17.3 Å². The Morgan fingerprint density at radius 1 is 0.821 bits per heavy atom. The van der Waals surface area contributed by atoms with Crippen molar-refractivity contribution in [3.8, 4) is 0 Å². The van der Waals surface area contributed by atoms with Crippen LogP contribution < -0.4 is 4.90 Å². The normalized spacial score (nSPS) is 22.1. The Bertz CT molecular complexity index is 1670. The van der Waals surface area contributed by atoms with Gasteiger partial charge in [0.2, 0.25) is 0 Å². The number of Topliss-reactive ketones (excluding diaryl/α,β-unsaturated/α-hetero) is 3. The van der Waals surface area contributed by atoms with Crippen LogP contribution in [0.15, 0.2) is 108 Å². The predicted molar refractivity (Wildman–Crippen MR) is 155 cm³/mol. The van der Waals surface area contributed by atoms with Gasteiger partial charge in [0.25, 0.3) is 0 Å². The summed E-state index contributed by atoms with van der Waals surface area (Å²) in [5.74, 6) is -1.24. The van der Waals surface area contributed by atoms with Crippen molar-refractivity contribution in [2.24, 2.45) is 5.41 Å². The first-order valence-corrected chi connectivity index (χ1v) is 13.8. The molecule has 1 aliphatic carbocycles. The Kier molecular flexibility index (Phi) is 5.36. The van der Waals surface area contributed by atoms with E-state index >= 15 is 0 Å². The monoisotopic (exact) mass is 573 g/mol. The molecule has 0 N–H and O–H groups in total. The molecule has 2 aliphatic heterocycles. The van der Waals surface area contributed by atoms with Gasteiger partial charge in [0.05, 0.1) is 6.04 Å². The molecular weight excluding hydrogens is 550 g/mol. The number of carbonyl (C=O) groups is 3. The summed E-state index contributed by atoms with van der Waals surface area (Å²) in [5, 5.41) is 0. The number of halogens is 1. The molecule has 0 unspecified atom stereocenters. The minimum Gasteiger partial charge on any atom is -0.352 e. The molecule has 0 radical (unpaired) electrons. The Labute approximate surface area is 235 Å². The number of anilines is 1. The number of hydrogen-bond donors (Lipinski definition) is 0. The SMILES string of the molecule is Cc1ccc2c(c1)C=C[C@@H]1N2[C@@H](C(=O)c2ccccc2)[C@@H](c2ccc(Br)cc2)C12C(=O)c1ccccc1C2=O. The van der Waals surface area contributed by atoms with E-state index in [0.717, 1.165) is 26.9 Å². The van der Waals surface area contributed by atoms with Crippen LogP contribution in [0, 0.1) is 12.3 Å². The number of ketones is 3. The van der Waals surface area contributed by atoms with Crippen LogP contribution in [-0.2, 0) is 0 Å². The minimum absolute atomic E-state index is 0.108. The van der Waals surface area contributed by atoms with Crippen molar-refractivity contribution in [1.82, 2.24) is 0 Å². The lowest BCUT2D eigenvalue weighted by Crippen LogP contribution is -2.48. The van der Waals surface area contributed by atoms with Gasteiger partial charge in [-0.15, -0.1) is 0 Å². The fraction of sp³-hybridized carbons (Fsp3) is 0.147. The maximum Gasteiger partial charge on any atom is 0.185 e. The number of rotatable bonds is 3. The summed E-state index contributed by atoms with van der Waals surface area (Å²) in [6.45, 7) is 2.03. The van der Waals surface area contributed by atoms with Gasteiger partial charge < -0.3 is 4.90 Å². The minimum atomic E-state index is -1.48. The van der Waals surface area contributed by atoms with Gasteiger partial charge in [-0.3, -0.25) is 14.4 Å². The summed E-state index contributed by atoms with van der Waals surface area (Å²) in [4.78, 5) is 45.8. The molecule has 1 spiro atoms. The molecule has 0 saturated carbocycles. The van der Waals surface area contributed by atoms with E-state index in [2.05, 4.69) is 26.9 Å². The topological polar surface area (TPSA) is 54.5 Å². The molecule has 1 saturated heterocycles. The molecule has 1 fully saturated rings. The van der Waals surface area contributed by atoms with E-state index in [1.54, 1.807) is 24.3 Å². The number of benzene rings is 4. The second kappa shape index (κ2) is 8.72. The van der Waals surface area contributed by atoms with Crippen molar-refractivity contribution < 1.29 is 14.4 Å². The lowest BCUT2D eigenvalue weighted by molar-refractivity contribution is 0.0666. The average molecular weight is 574 g/mol. The van der Waals surface area contributed by atoms with E-state index in [1.807, 2.05) is 85.8 Å². The third kappa shape index (κ3) is 3.26. The zero-order valence-electron chi connectivity index (χ0n) is 21.2. The van der Waals surface area contributed by atoms with Gasteiger partial charge in [-0.25, -0.2) is 0 Å². The van der Waals surface area contributed by atoms with Gasteiger partial charge in [0.1, 0.15) is 11.5 Å². The highest BCUT2D eigenvalue weighted by Gasteiger charge is 2.71. The summed E-state index contributed by atoms with van der Waals surface area (Å²) in [5.41, 5.74) is 3.66. The Hall–Kier alpha value is -4.09. The highest BCUT2D eigenvalue weighted by atomic mass is 79.9. The fourth-order valence-electron chi connectivity index (χ4n) is 6.91. The smallest absolute Gasteiger partial charge is 0.185 e. The van der Waals surface area contributed by atoms with Crippen LogP contribution in [0.25, 0.3) is 6.08 Å². The molecule has 4 aromatic carbocycles. The Balaban J connectivity index is 1.55. The van der Waals surface area contributed by atoms with E-state index < -0.39 is 23.4 Å². The van der Waals surface area contributed by atoms with Gasteiger partial charge in [-0.05, 0) is 42.3 Å². The highest BCUT2D eigenvalue weighted by molar-refractivity contribution is 9.10. The highest BCUT2D eigenvalue weighted by Crippen LogP contribution is 2.61. The zero-order valence-corrected chi connectivity index (χ0v) is 22.8. The number of fused-ring (bicyclic) bond motifs is 5. The second-order valence-electron chi connectivity index (χ2n) is 10.6. The standard InChI is InChI=1S/C34H24BrNO3/c1-20-11-17-27-23(19-20)14-18-28-34(32(38)25-9-5-6-10-26(25)33(34)39)29(21-12-15-24(35)16-13-21)30(36(27)28)31(37)22-7-3-2-4-8-22/h2-19,28-30H,1H3/t28-,29+,30+/m0/s1. The van der Waals surface area contributed by atoms with Crippen LogP contribution in [0.1, 0.15) is 53.7 Å². The van der Waals surface area contributed by atoms with Crippen LogP contribution in [0.5, 0.6) is 0 Å². The molecule has 2 heterocycles. The van der Waals surface area contributed by atoms with Gasteiger partial charge in [-0.1, -0.05) is 106 Å².